The molecule has 0 spiro atoms. The van der Waals surface area contributed by atoms with Crippen molar-refractivity contribution in [2.24, 2.45) is 0 Å². The van der Waals surface area contributed by atoms with Crippen molar-refractivity contribution in [2.75, 3.05) is 13.2 Å². The number of hydrogen-bond acceptors (Lipinski definition) is 14. The number of aromatic hydroxyl groups is 1. The summed E-state index contributed by atoms with van der Waals surface area (Å²) >= 11 is 1.61. The maximum atomic E-state index is 13.2. The van der Waals surface area contributed by atoms with E-state index in [9.17, 15) is 45.6 Å². The van der Waals surface area contributed by atoms with Crippen LogP contribution in [0, 0.1) is 0 Å². The SMILES string of the molecule is O=C(CCc1ccc2sccc2c1)c1c(O)cccc1O[C@@H]1O[C@H](CO)[C@@H](O[C@H]2O[C@H](CO)[C@@H](O)[C@H](O)[C@H]2O)[C@H](O)[C@H]1O. The molecule has 2 fully saturated rings. The summed E-state index contributed by atoms with van der Waals surface area (Å²) < 4.78 is 23.4. The monoisotopic (exact) mass is 622 g/mol. The van der Waals surface area contributed by atoms with Crippen LogP contribution in [0.25, 0.3) is 10.1 Å². The highest BCUT2D eigenvalue weighted by molar-refractivity contribution is 7.17. The standard InChI is InChI=1S/C29H34O13S/c30-11-18-22(34)23(35)25(37)29(40-18)42-27-19(12-31)41-28(26(38)24(27)36)39-17-3-1-2-15(32)21(17)16(33)6-4-13-5-7-20-14(10-13)8-9-43-20/h1-3,5,7-10,18-19,22-32,34-38H,4,6,11-12H2/t18-,19-,22-,23+,24-,25-,26-,27-,28-,29-/m1/s1. The number of benzene rings is 2. The van der Waals surface area contributed by atoms with Gasteiger partial charge in [0.05, 0.1) is 13.2 Å². The molecule has 0 amide bonds. The molecule has 5 rings (SSSR count). The van der Waals surface area contributed by atoms with Gasteiger partial charge in [-0.1, -0.05) is 18.2 Å². The van der Waals surface area contributed by atoms with Crippen LogP contribution in [0.4, 0.5) is 0 Å². The van der Waals surface area contributed by atoms with E-state index in [1.807, 2.05) is 29.6 Å². The van der Waals surface area contributed by atoms with Crippen LogP contribution in [0.15, 0.2) is 47.8 Å². The minimum Gasteiger partial charge on any atom is -0.507 e. The van der Waals surface area contributed by atoms with Gasteiger partial charge in [-0.15, -0.1) is 11.3 Å². The van der Waals surface area contributed by atoms with Crippen LogP contribution in [0.5, 0.6) is 11.5 Å². The number of aliphatic hydroxyl groups excluding tert-OH is 7. The van der Waals surface area contributed by atoms with E-state index in [2.05, 4.69) is 0 Å². The molecule has 0 aliphatic carbocycles. The Labute approximate surface area is 249 Å². The predicted octanol–water partition coefficient (Wildman–Crippen LogP) is -0.575. The molecule has 2 aliphatic rings. The second-order valence-corrected chi connectivity index (χ2v) is 11.4. The first-order valence-electron chi connectivity index (χ1n) is 13.7. The zero-order valence-electron chi connectivity index (χ0n) is 22.7. The van der Waals surface area contributed by atoms with Crippen molar-refractivity contribution >= 4 is 27.2 Å². The number of ether oxygens (including phenoxy) is 4. The maximum Gasteiger partial charge on any atom is 0.229 e. The van der Waals surface area contributed by atoms with Crippen molar-refractivity contribution in [1.29, 1.82) is 0 Å². The first kappa shape index (κ1) is 31.7. The summed E-state index contributed by atoms with van der Waals surface area (Å²) in [6.07, 6.45) is -15.9. The topological polar surface area (TPSA) is 216 Å². The molecule has 0 saturated carbocycles. The molecule has 0 unspecified atom stereocenters. The maximum absolute atomic E-state index is 13.2. The molecule has 2 aromatic carbocycles. The molecule has 3 heterocycles. The van der Waals surface area contributed by atoms with Gasteiger partial charge in [0.25, 0.3) is 0 Å². The normalized spacial score (nSPS) is 33.0. The van der Waals surface area contributed by atoms with Crippen molar-refractivity contribution in [3.8, 4) is 11.5 Å². The van der Waals surface area contributed by atoms with Crippen molar-refractivity contribution < 1.29 is 64.6 Å². The Bertz CT molecular complexity index is 1390. The van der Waals surface area contributed by atoms with Crippen molar-refractivity contribution in [2.45, 2.75) is 74.3 Å². The Hall–Kier alpha value is -2.73. The van der Waals surface area contributed by atoms with Crippen LogP contribution in [0.2, 0.25) is 0 Å². The van der Waals surface area contributed by atoms with Gasteiger partial charge >= 0.3 is 0 Å². The van der Waals surface area contributed by atoms with E-state index < -0.39 is 80.4 Å². The Balaban J connectivity index is 1.28. The van der Waals surface area contributed by atoms with Crippen LogP contribution < -0.4 is 4.74 Å². The van der Waals surface area contributed by atoms with E-state index in [1.165, 1.54) is 18.2 Å². The molecular formula is C29H34O13S. The summed E-state index contributed by atoms with van der Waals surface area (Å²) in [7, 11) is 0. The van der Waals surface area contributed by atoms with Crippen molar-refractivity contribution in [3.63, 3.8) is 0 Å². The number of aryl methyl sites for hydroxylation is 1. The largest absolute Gasteiger partial charge is 0.507 e. The van der Waals surface area contributed by atoms with Crippen LogP contribution in [0.1, 0.15) is 22.3 Å². The molecule has 8 N–H and O–H groups in total. The van der Waals surface area contributed by atoms with Crippen molar-refractivity contribution in [1.82, 2.24) is 0 Å². The zero-order valence-corrected chi connectivity index (χ0v) is 23.6. The van der Waals surface area contributed by atoms with Gasteiger partial charge in [0.2, 0.25) is 6.29 Å². The minimum absolute atomic E-state index is 0.0363. The fourth-order valence-electron chi connectivity index (χ4n) is 5.23. The smallest absolute Gasteiger partial charge is 0.229 e. The highest BCUT2D eigenvalue weighted by atomic mass is 32.1. The number of rotatable bonds is 10. The number of phenols is 1. The molecule has 0 bridgehead atoms. The lowest BCUT2D eigenvalue weighted by molar-refractivity contribution is -0.352. The average Bonchev–Trinajstić information content (AvgIpc) is 3.47. The number of phenolic OH excluding ortho intramolecular Hbond substituents is 1. The molecule has 10 atom stereocenters. The number of ketones is 1. The number of hydrogen-bond donors (Lipinski definition) is 8. The second kappa shape index (κ2) is 13.5. The third kappa shape index (κ3) is 6.55. The van der Waals surface area contributed by atoms with E-state index in [0.717, 1.165) is 15.6 Å². The van der Waals surface area contributed by atoms with Gasteiger partial charge in [-0.3, -0.25) is 4.79 Å². The Morgan fingerprint density at radius 3 is 2.30 bits per heavy atom. The molecule has 14 heteroatoms. The lowest BCUT2D eigenvalue weighted by Gasteiger charge is -2.45. The Morgan fingerprint density at radius 2 is 1.56 bits per heavy atom. The van der Waals surface area contributed by atoms with Gasteiger partial charge in [0.15, 0.2) is 12.1 Å². The van der Waals surface area contributed by atoms with Crippen LogP contribution in [-0.4, -0.2) is 121 Å². The molecule has 43 heavy (non-hydrogen) atoms. The highest BCUT2D eigenvalue weighted by Gasteiger charge is 2.51. The predicted molar refractivity (Wildman–Crippen MR) is 150 cm³/mol. The fraction of sp³-hybridized carbons (Fsp3) is 0.483. The molecule has 0 radical (unpaired) electrons. The third-order valence-electron chi connectivity index (χ3n) is 7.64. The van der Waals surface area contributed by atoms with E-state index in [-0.39, 0.29) is 23.5 Å². The minimum atomic E-state index is -1.82. The second-order valence-electron chi connectivity index (χ2n) is 10.5. The number of carbonyl (C=O) groups is 1. The third-order valence-corrected chi connectivity index (χ3v) is 8.54. The Morgan fingerprint density at radius 1 is 0.837 bits per heavy atom. The molecule has 1 aromatic heterocycles. The lowest BCUT2D eigenvalue weighted by Crippen LogP contribution is -2.65. The molecule has 2 aliphatic heterocycles. The van der Waals surface area contributed by atoms with Gasteiger partial charge in [0.1, 0.15) is 65.9 Å². The van der Waals surface area contributed by atoms with Crippen LogP contribution in [-0.2, 0) is 20.6 Å². The number of carbonyl (C=O) groups excluding carboxylic acids is 1. The summed E-state index contributed by atoms with van der Waals surface area (Å²) in [5.41, 5.74) is 0.784. The molecular weight excluding hydrogens is 588 g/mol. The van der Waals surface area contributed by atoms with Gasteiger partial charge in [-0.05, 0) is 47.0 Å². The van der Waals surface area contributed by atoms with Gasteiger partial charge in [-0.2, -0.15) is 0 Å². The summed E-state index contributed by atoms with van der Waals surface area (Å²) in [6.45, 7) is -1.47. The molecule has 13 nitrogen and oxygen atoms in total. The summed E-state index contributed by atoms with van der Waals surface area (Å²) in [4.78, 5) is 13.2. The van der Waals surface area contributed by atoms with Crippen LogP contribution in [0.3, 0.4) is 0 Å². The number of aliphatic hydroxyl groups is 7. The molecule has 234 valence electrons. The highest BCUT2D eigenvalue weighted by Crippen LogP contribution is 2.34. The van der Waals surface area contributed by atoms with E-state index >= 15 is 0 Å². The summed E-state index contributed by atoms with van der Waals surface area (Å²) in [5, 5.41) is 85.0. The van der Waals surface area contributed by atoms with Crippen molar-refractivity contribution in [3.05, 3.63) is 59.0 Å². The fourth-order valence-corrected chi connectivity index (χ4v) is 6.00. The lowest BCUT2D eigenvalue weighted by atomic mass is 9.97. The number of Topliss-reactive ketones (excluding diaryl/α,β-unsaturated/α-hetero) is 1. The summed E-state index contributed by atoms with van der Waals surface area (Å²) in [5.74, 6) is -0.921. The van der Waals surface area contributed by atoms with Gasteiger partial charge in [0, 0.05) is 11.1 Å². The average molecular weight is 623 g/mol. The van der Waals surface area contributed by atoms with E-state index in [1.54, 1.807) is 11.3 Å². The first-order valence-corrected chi connectivity index (χ1v) is 14.6. The molecule has 3 aromatic rings. The van der Waals surface area contributed by atoms with E-state index in [0.29, 0.717) is 6.42 Å². The first-order chi connectivity index (χ1) is 20.6. The van der Waals surface area contributed by atoms with Gasteiger partial charge in [-0.25, -0.2) is 0 Å². The zero-order chi connectivity index (χ0) is 30.8. The summed E-state index contributed by atoms with van der Waals surface area (Å²) in [6, 6.07) is 12.0. The van der Waals surface area contributed by atoms with Gasteiger partial charge < -0.3 is 59.8 Å². The number of fused-ring (bicyclic) bond motifs is 1. The number of thiophene rings is 1. The Kier molecular flexibility index (Phi) is 9.95. The quantitative estimate of drug-likeness (QED) is 0.133. The van der Waals surface area contributed by atoms with E-state index in [4.69, 9.17) is 18.9 Å². The van der Waals surface area contributed by atoms with Crippen LogP contribution >= 0.6 is 11.3 Å². The molecule has 2 saturated heterocycles.